The maximum Gasteiger partial charge on any atom is 0.150 e. The van der Waals surface area contributed by atoms with Gasteiger partial charge in [-0.25, -0.2) is 13.4 Å². The number of rotatable bonds is 2. The van der Waals surface area contributed by atoms with Gasteiger partial charge in [-0.2, -0.15) is 0 Å². The third kappa shape index (κ3) is 2.43. The first kappa shape index (κ1) is 14.2. The molecule has 1 aromatic carbocycles. The highest BCUT2D eigenvalue weighted by Crippen LogP contribution is 2.32. The third-order valence-electron chi connectivity index (χ3n) is 3.75. The number of halogens is 2. The summed E-state index contributed by atoms with van der Waals surface area (Å²) in [5, 5.41) is 0.594. The minimum absolute atomic E-state index is 0.121. The molecule has 3 rings (SSSR count). The Balaban J connectivity index is 2.09. The molecule has 2 aromatic rings. The molecule has 0 N–H and O–H groups in total. The van der Waals surface area contributed by atoms with Crippen LogP contribution in [-0.2, 0) is 15.7 Å². The first-order valence-electron chi connectivity index (χ1n) is 6.43. The Bertz CT molecular complexity index is 741. The predicted octanol–water partition coefficient (Wildman–Crippen LogP) is 3.18. The zero-order chi connectivity index (χ0) is 14.3. The van der Waals surface area contributed by atoms with Crippen molar-refractivity contribution in [2.45, 2.75) is 24.8 Å². The number of fused-ring (bicyclic) bond motifs is 1. The van der Waals surface area contributed by atoms with E-state index >= 15 is 0 Å². The van der Waals surface area contributed by atoms with Crippen LogP contribution in [0, 0.1) is 0 Å². The van der Waals surface area contributed by atoms with Crippen molar-refractivity contribution in [1.82, 2.24) is 9.55 Å². The van der Waals surface area contributed by atoms with E-state index in [4.69, 9.17) is 23.2 Å². The fourth-order valence-corrected chi connectivity index (χ4v) is 4.64. The Morgan fingerprint density at radius 3 is 2.65 bits per heavy atom. The van der Waals surface area contributed by atoms with Crippen LogP contribution in [0.2, 0.25) is 5.02 Å². The normalized spacial score (nSPS) is 19.5. The molecule has 1 fully saturated rings. The SMILES string of the molecule is O=S1(=O)CCC(n2c(CCl)nc3c(Cl)cccc32)CC1. The summed E-state index contributed by atoms with van der Waals surface area (Å²) in [6.45, 7) is 0. The zero-order valence-corrected chi connectivity index (χ0v) is 13.0. The van der Waals surface area contributed by atoms with E-state index in [1.165, 1.54) is 0 Å². The lowest BCUT2D eigenvalue weighted by atomic mass is 10.1. The lowest BCUT2D eigenvalue weighted by molar-refractivity contribution is 0.450. The highest BCUT2D eigenvalue weighted by molar-refractivity contribution is 7.91. The summed E-state index contributed by atoms with van der Waals surface area (Å²) in [6.07, 6.45) is 1.20. The molecule has 0 spiro atoms. The van der Waals surface area contributed by atoms with Crippen molar-refractivity contribution in [2.24, 2.45) is 0 Å². The van der Waals surface area contributed by atoms with Crippen LogP contribution in [0.25, 0.3) is 11.0 Å². The van der Waals surface area contributed by atoms with Crippen LogP contribution in [0.15, 0.2) is 18.2 Å². The smallest absolute Gasteiger partial charge is 0.150 e. The number of hydrogen-bond acceptors (Lipinski definition) is 3. The van der Waals surface area contributed by atoms with E-state index in [1.54, 1.807) is 6.07 Å². The van der Waals surface area contributed by atoms with E-state index in [0.29, 0.717) is 17.9 Å². The number of hydrogen-bond donors (Lipinski definition) is 0. The van der Waals surface area contributed by atoms with Crippen molar-refractivity contribution in [1.29, 1.82) is 0 Å². The molecular formula is C13H14Cl2N2O2S. The number of benzene rings is 1. The summed E-state index contributed by atoms with van der Waals surface area (Å²) >= 11 is 12.2. The average molecular weight is 333 g/mol. The highest BCUT2D eigenvalue weighted by Gasteiger charge is 2.27. The molecular weight excluding hydrogens is 319 g/mol. The van der Waals surface area contributed by atoms with Gasteiger partial charge in [0.1, 0.15) is 21.2 Å². The molecule has 0 amide bonds. The van der Waals surface area contributed by atoms with Gasteiger partial charge in [0.05, 0.1) is 27.9 Å². The van der Waals surface area contributed by atoms with Crippen molar-refractivity contribution in [3.63, 3.8) is 0 Å². The van der Waals surface area contributed by atoms with Crippen molar-refractivity contribution in [2.75, 3.05) is 11.5 Å². The first-order valence-corrected chi connectivity index (χ1v) is 9.17. The first-order chi connectivity index (χ1) is 9.52. The van der Waals surface area contributed by atoms with Gasteiger partial charge < -0.3 is 4.57 Å². The quantitative estimate of drug-likeness (QED) is 0.793. The topological polar surface area (TPSA) is 52.0 Å². The van der Waals surface area contributed by atoms with Gasteiger partial charge in [0.15, 0.2) is 0 Å². The van der Waals surface area contributed by atoms with Gasteiger partial charge in [-0.05, 0) is 25.0 Å². The van der Waals surface area contributed by atoms with Crippen molar-refractivity contribution in [3.05, 3.63) is 29.0 Å². The van der Waals surface area contributed by atoms with Crippen LogP contribution in [0.3, 0.4) is 0 Å². The molecule has 7 heteroatoms. The molecule has 1 aliphatic heterocycles. The van der Waals surface area contributed by atoms with Gasteiger partial charge in [-0.3, -0.25) is 0 Å². The second kappa shape index (κ2) is 5.20. The molecule has 0 bridgehead atoms. The summed E-state index contributed by atoms with van der Waals surface area (Å²) in [6, 6.07) is 5.74. The number of imidazole rings is 1. The minimum atomic E-state index is -2.88. The lowest BCUT2D eigenvalue weighted by Gasteiger charge is -2.25. The maximum atomic E-state index is 11.6. The van der Waals surface area contributed by atoms with E-state index in [2.05, 4.69) is 9.55 Å². The fourth-order valence-electron chi connectivity index (χ4n) is 2.77. The molecule has 108 valence electrons. The van der Waals surface area contributed by atoms with E-state index in [1.807, 2.05) is 12.1 Å². The standard InChI is InChI=1S/C13H14Cl2N2O2S/c14-8-12-16-13-10(15)2-1-3-11(13)17(12)9-4-6-20(18,19)7-5-9/h1-3,9H,4-8H2. The second-order valence-corrected chi connectivity index (χ2v) is 8.00. The summed E-state index contributed by atoms with van der Waals surface area (Å²) in [4.78, 5) is 4.49. The van der Waals surface area contributed by atoms with Gasteiger partial charge in [-0.1, -0.05) is 17.7 Å². The largest absolute Gasteiger partial charge is 0.324 e. The lowest BCUT2D eigenvalue weighted by Crippen LogP contribution is -2.26. The van der Waals surface area contributed by atoms with Crippen LogP contribution in [0.1, 0.15) is 24.7 Å². The summed E-state index contributed by atoms with van der Waals surface area (Å²) < 4.78 is 25.2. The molecule has 2 heterocycles. The number of alkyl halides is 1. The molecule has 1 aliphatic rings. The van der Waals surface area contributed by atoms with Gasteiger partial charge in [0.25, 0.3) is 0 Å². The van der Waals surface area contributed by atoms with E-state index < -0.39 is 9.84 Å². The van der Waals surface area contributed by atoms with Crippen LogP contribution in [0.5, 0.6) is 0 Å². The predicted molar refractivity (Wildman–Crippen MR) is 81.2 cm³/mol. The molecule has 0 atom stereocenters. The maximum absolute atomic E-state index is 11.6. The van der Waals surface area contributed by atoms with Gasteiger partial charge in [0, 0.05) is 6.04 Å². The number of aromatic nitrogens is 2. The van der Waals surface area contributed by atoms with Gasteiger partial charge in [0.2, 0.25) is 0 Å². The number of sulfone groups is 1. The van der Waals surface area contributed by atoms with Crippen molar-refractivity contribution >= 4 is 44.1 Å². The van der Waals surface area contributed by atoms with Crippen LogP contribution in [0.4, 0.5) is 0 Å². The molecule has 0 aliphatic carbocycles. The van der Waals surface area contributed by atoms with E-state index in [-0.39, 0.29) is 23.4 Å². The molecule has 0 unspecified atom stereocenters. The molecule has 1 aromatic heterocycles. The number of para-hydroxylation sites is 1. The van der Waals surface area contributed by atoms with Gasteiger partial charge in [-0.15, -0.1) is 11.6 Å². The monoisotopic (exact) mass is 332 g/mol. The van der Waals surface area contributed by atoms with Crippen LogP contribution >= 0.6 is 23.2 Å². The Hall–Kier alpha value is -0.780. The molecule has 20 heavy (non-hydrogen) atoms. The Morgan fingerprint density at radius 2 is 2.00 bits per heavy atom. The van der Waals surface area contributed by atoms with Crippen LogP contribution in [-0.4, -0.2) is 29.5 Å². The zero-order valence-electron chi connectivity index (χ0n) is 10.7. The Kier molecular flexibility index (Phi) is 3.69. The molecule has 1 saturated heterocycles. The third-order valence-corrected chi connectivity index (χ3v) is 6.01. The fraction of sp³-hybridized carbons (Fsp3) is 0.462. The van der Waals surface area contributed by atoms with Gasteiger partial charge >= 0.3 is 0 Å². The highest BCUT2D eigenvalue weighted by atomic mass is 35.5. The van der Waals surface area contributed by atoms with E-state index in [9.17, 15) is 8.42 Å². The van der Waals surface area contributed by atoms with Crippen molar-refractivity contribution in [3.8, 4) is 0 Å². The molecule has 4 nitrogen and oxygen atoms in total. The second-order valence-electron chi connectivity index (χ2n) is 5.02. The van der Waals surface area contributed by atoms with E-state index in [0.717, 1.165) is 16.9 Å². The summed E-state index contributed by atoms with van der Waals surface area (Å²) in [5.41, 5.74) is 1.66. The number of nitrogens with zero attached hydrogens (tertiary/aromatic N) is 2. The molecule has 0 saturated carbocycles. The van der Waals surface area contributed by atoms with Crippen molar-refractivity contribution < 1.29 is 8.42 Å². The Labute approximate surface area is 127 Å². The van der Waals surface area contributed by atoms with Crippen LogP contribution < -0.4 is 0 Å². The molecule has 0 radical (unpaired) electrons. The minimum Gasteiger partial charge on any atom is -0.324 e. The Morgan fingerprint density at radius 1 is 1.30 bits per heavy atom. The summed E-state index contributed by atoms with van der Waals surface area (Å²) in [5.74, 6) is 1.48. The summed E-state index contributed by atoms with van der Waals surface area (Å²) in [7, 11) is -2.88. The average Bonchev–Trinajstić information content (AvgIpc) is 2.79.